The van der Waals surface area contributed by atoms with Crippen LogP contribution in [0.2, 0.25) is 0 Å². The molecule has 1 N–H and O–H groups in total. The molecule has 0 aliphatic heterocycles. The zero-order chi connectivity index (χ0) is 14.9. The van der Waals surface area contributed by atoms with Gasteiger partial charge in [-0.25, -0.2) is 4.98 Å². The van der Waals surface area contributed by atoms with E-state index < -0.39 is 17.3 Å². The molecule has 6 nitrogen and oxygen atoms in total. The monoisotopic (exact) mass is 308 g/mol. The molecule has 1 saturated carbocycles. The van der Waals surface area contributed by atoms with Crippen LogP contribution < -0.4 is 40.0 Å². The Hall–Kier alpha value is -1.63. The Balaban J connectivity index is 0.00000176. The predicted octanol–water partition coefficient (Wildman–Crippen LogP) is -3.00. The van der Waals surface area contributed by atoms with Crippen molar-refractivity contribution in [3.63, 3.8) is 0 Å². The molecule has 1 fully saturated rings. The van der Waals surface area contributed by atoms with Crippen molar-refractivity contribution in [1.29, 1.82) is 0 Å². The second-order valence-corrected chi connectivity index (χ2v) is 5.08. The minimum absolute atomic E-state index is 0. The van der Waals surface area contributed by atoms with Gasteiger partial charge in [-0.2, -0.15) is 0 Å². The van der Waals surface area contributed by atoms with Gasteiger partial charge < -0.3 is 19.6 Å². The van der Waals surface area contributed by atoms with Crippen LogP contribution in [0.4, 0.5) is 0 Å². The molecule has 22 heavy (non-hydrogen) atoms. The molecule has 1 heterocycles. The third-order valence-corrected chi connectivity index (χ3v) is 3.86. The summed E-state index contributed by atoms with van der Waals surface area (Å²) in [7, 11) is 0. The molecule has 1 aliphatic rings. The molecule has 0 saturated heterocycles. The minimum Gasteiger partial charge on any atom is -0.549 e. The number of nitrogens with zero attached hydrogens (tertiary/aromatic N) is 1. The van der Waals surface area contributed by atoms with Gasteiger partial charge in [-0.3, -0.25) is 4.79 Å². The smallest absolute Gasteiger partial charge is 0.549 e. The van der Waals surface area contributed by atoms with E-state index in [-0.39, 0.29) is 48.4 Å². The van der Waals surface area contributed by atoms with Crippen molar-refractivity contribution in [2.45, 2.75) is 18.4 Å². The molecule has 1 aliphatic carbocycles. The molecule has 3 rings (SSSR count). The first kappa shape index (κ1) is 16.7. The maximum absolute atomic E-state index is 12.1. The summed E-state index contributed by atoms with van der Waals surface area (Å²) in [6.07, 6.45) is 2.95. The number of amides is 1. The van der Waals surface area contributed by atoms with Gasteiger partial charge in [-0.1, -0.05) is 30.3 Å². The maximum atomic E-state index is 12.1. The fraction of sp³-hybridized carbons (Fsp3) is 0.267. The number of rotatable bonds is 5. The largest absolute Gasteiger partial charge is 1.00 e. The van der Waals surface area contributed by atoms with E-state index in [9.17, 15) is 14.7 Å². The third-order valence-electron chi connectivity index (χ3n) is 3.86. The molecule has 7 heteroatoms. The van der Waals surface area contributed by atoms with E-state index in [1.54, 1.807) is 30.3 Å². The van der Waals surface area contributed by atoms with Crippen LogP contribution in [0.15, 0.2) is 47.4 Å². The normalized spacial score (nSPS) is 22.5. The number of oxazole rings is 1. The van der Waals surface area contributed by atoms with Crippen molar-refractivity contribution in [3.8, 4) is 0 Å². The standard InChI is InChI=1S/C15H14N2O4.Na/c18-13(16-7-11-8-21-9-17-11)12-6-15(12,14(19)20)10-4-2-1-3-5-10;/h1-5,8-9,12H,6-7H2,(H,16,18)(H,19,20);/q;+1/p-1/t12-,15+;/m1./s1. The number of hydrogen-bond acceptors (Lipinski definition) is 5. The van der Waals surface area contributed by atoms with Crippen LogP contribution in [0.1, 0.15) is 17.7 Å². The minimum atomic E-state index is -1.21. The molecule has 2 aromatic rings. The third kappa shape index (κ3) is 2.95. The summed E-state index contributed by atoms with van der Waals surface area (Å²) in [5.41, 5.74) is -0.0239. The number of aliphatic carboxylic acids is 1. The topological polar surface area (TPSA) is 95.3 Å². The van der Waals surface area contributed by atoms with Gasteiger partial charge in [0, 0.05) is 5.41 Å². The fourth-order valence-electron chi connectivity index (χ4n) is 2.60. The van der Waals surface area contributed by atoms with Crippen molar-refractivity contribution >= 4 is 11.9 Å². The maximum Gasteiger partial charge on any atom is 1.00 e. The van der Waals surface area contributed by atoms with Crippen LogP contribution >= 0.6 is 0 Å². The number of carboxylic acids is 1. The van der Waals surface area contributed by atoms with Gasteiger partial charge >= 0.3 is 29.6 Å². The first-order valence-corrected chi connectivity index (χ1v) is 6.56. The second-order valence-electron chi connectivity index (χ2n) is 5.08. The Bertz CT molecular complexity index is 659. The van der Waals surface area contributed by atoms with E-state index in [2.05, 4.69) is 10.3 Å². The molecule has 0 unspecified atom stereocenters. The van der Waals surface area contributed by atoms with Crippen LogP contribution in [-0.2, 0) is 21.5 Å². The van der Waals surface area contributed by atoms with Crippen LogP contribution in [0, 0.1) is 5.92 Å². The summed E-state index contributed by atoms with van der Waals surface area (Å²) in [6.45, 7) is 0.212. The Morgan fingerprint density at radius 3 is 2.68 bits per heavy atom. The SMILES string of the molecule is O=C(NCc1cocn1)[C@H]1C[C@]1(C(=O)[O-])c1ccccc1.[Na+]. The Kier molecular flexibility index (Phi) is 5.05. The van der Waals surface area contributed by atoms with Crippen molar-refractivity contribution in [1.82, 2.24) is 10.3 Å². The number of hydrogen-bond donors (Lipinski definition) is 1. The number of aromatic nitrogens is 1. The molecule has 0 radical (unpaired) electrons. The molecule has 108 valence electrons. The van der Waals surface area contributed by atoms with Gasteiger partial charge in [0.1, 0.15) is 6.26 Å². The second kappa shape index (κ2) is 6.64. The molecule has 2 atom stereocenters. The van der Waals surface area contributed by atoms with E-state index in [1.807, 2.05) is 0 Å². The molecule has 1 amide bonds. The quantitative estimate of drug-likeness (QED) is 0.594. The molecular weight excluding hydrogens is 295 g/mol. The van der Waals surface area contributed by atoms with Crippen molar-refractivity contribution in [3.05, 3.63) is 54.2 Å². The van der Waals surface area contributed by atoms with Crippen molar-refractivity contribution in [2.24, 2.45) is 5.92 Å². The van der Waals surface area contributed by atoms with Crippen LogP contribution in [0.3, 0.4) is 0 Å². The average molecular weight is 308 g/mol. The zero-order valence-electron chi connectivity index (χ0n) is 12.1. The summed E-state index contributed by atoms with van der Waals surface area (Å²) in [5, 5.41) is 14.2. The van der Waals surface area contributed by atoms with Gasteiger partial charge in [0.15, 0.2) is 6.39 Å². The number of carboxylic acid groups (broad SMARTS) is 1. The van der Waals surface area contributed by atoms with Crippen LogP contribution in [0.25, 0.3) is 0 Å². The van der Waals surface area contributed by atoms with Crippen molar-refractivity contribution < 1.29 is 48.7 Å². The molecule has 1 aromatic carbocycles. The molecule has 0 spiro atoms. The van der Waals surface area contributed by atoms with E-state index in [0.29, 0.717) is 11.3 Å². The van der Waals surface area contributed by atoms with E-state index in [1.165, 1.54) is 12.7 Å². The van der Waals surface area contributed by atoms with Gasteiger partial charge in [0.25, 0.3) is 0 Å². The number of carbonyl (C=O) groups excluding carboxylic acids is 2. The molecular formula is C15H13N2NaO4. The summed E-state index contributed by atoms with van der Waals surface area (Å²) in [5.74, 6) is -2.14. The van der Waals surface area contributed by atoms with Gasteiger partial charge in [-0.05, 0) is 12.0 Å². The first-order valence-electron chi connectivity index (χ1n) is 6.56. The first-order chi connectivity index (χ1) is 10.1. The zero-order valence-corrected chi connectivity index (χ0v) is 14.1. The van der Waals surface area contributed by atoms with Gasteiger partial charge in [0.05, 0.1) is 24.1 Å². The number of nitrogens with one attached hydrogen (secondary N) is 1. The summed E-state index contributed by atoms with van der Waals surface area (Å²) in [4.78, 5) is 27.5. The Morgan fingerprint density at radius 2 is 2.09 bits per heavy atom. The van der Waals surface area contributed by atoms with Crippen LogP contribution in [0.5, 0.6) is 0 Å². The predicted molar refractivity (Wildman–Crippen MR) is 69.6 cm³/mol. The van der Waals surface area contributed by atoms with Gasteiger partial charge in [0.2, 0.25) is 5.91 Å². The number of carbonyl (C=O) groups is 2. The van der Waals surface area contributed by atoms with E-state index in [4.69, 9.17) is 4.42 Å². The molecule has 1 aromatic heterocycles. The van der Waals surface area contributed by atoms with E-state index >= 15 is 0 Å². The summed E-state index contributed by atoms with van der Waals surface area (Å²) in [6, 6.07) is 8.72. The average Bonchev–Trinajstić information content (AvgIpc) is 3.06. The van der Waals surface area contributed by atoms with Crippen molar-refractivity contribution in [2.75, 3.05) is 0 Å². The number of benzene rings is 1. The summed E-state index contributed by atoms with van der Waals surface area (Å²) < 4.78 is 4.80. The van der Waals surface area contributed by atoms with Crippen LogP contribution in [-0.4, -0.2) is 16.9 Å². The Morgan fingerprint density at radius 1 is 1.36 bits per heavy atom. The van der Waals surface area contributed by atoms with E-state index in [0.717, 1.165) is 0 Å². The van der Waals surface area contributed by atoms with Gasteiger partial charge in [-0.15, -0.1) is 0 Å². The Labute approximate surface area is 149 Å². The fourth-order valence-corrected chi connectivity index (χ4v) is 2.60. The molecule has 0 bridgehead atoms. The summed E-state index contributed by atoms with van der Waals surface area (Å²) >= 11 is 0.